The van der Waals surface area contributed by atoms with Gasteiger partial charge in [-0.05, 0) is 37.8 Å². The molecule has 0 atom stereocenters. The molecule has 0 aromatic carbocycles. The van der Waals surface area contributed by atoms with Crippen molar-refractivity contribution in [1.29, 1.82) is 0 Å². The minimum Gasteiger partial charge on any atom is -0.313 e. The van der Waals surface area contributed by atoms with Crippen molar-refractivity contribution in [2.75, 3.05) is 0 Å². The third kappa shape index (κ3) is 4.50. The predicted molar refractivity (Wildman–Crippen MR) is 81.6 cm³/mol. The van der Waals surface area contributed by atoms with Gasteiger partial charge in [-0.3, -0.25) is 4.79 Å². The van der Waals surface area contributed by atoms with E-state index in [1.807, 2.05) is 18.4 Å². The number of rotatable bonds is 6. The molecule has 0 aliphatic heterocycles. The summed E-state index contributed by atoms with van der Waals surface area (Å²) in [6.45, 7) is 14.1. The van der Waals surface area contributed by atoms with Gasteiger partial charge in [-0.15, -0.1) is 0 Å². The van der Waals surface area contributed by atoms with Crippen LogP contribution < -0.4 is 10.9 Å². The first-order valence-corrected chi connectivity index (χ1v) is 7.26. The van der Waals surface area contributed by atoms with Crippen molar-refractivity contribution < 1.29 is 0 Å². The van der Waals surface area contributed by atoms with E-state index in [0.717, 1.165) is 29.8 Å². The van der Waals surface area contributed by atoms with Gasteiger partial charge in [0.05, 0.1) is 0 Å². The van der Waals surface area contributed by atoms with Gasteiger partial charge in [-0.1, -0.05) is 27.7 Å². The van der Waals surface area contributed by atoms with Crippen LogP contribution in [0, 0.1) is 19.8 Å². The molecule has 0 unspecified atom stereocenters. The van der Waals surface area contributed by atoms with Crippen LogP contribution in [0.25, 0.3) is 0 Å². The third-order valence-corrected chi connectivity index (χ3v) is 3.45. The fourth-order valence-electron chi connectivity index (χ4n) is 2.16. The Balaban J connectivity index is 3.04. The molecule has 1 aromatic heterocycles. The average molecular weight is 264 g/mol. The number of hydrogen-bond acceptors (Lipinski definition) is 2. The molecule has 0 aliphatic rings. The van der Waals surface area contributed by atoms with Gasteiger partial charge in [0, 0.05) is 30.4 Å². The highest BCUT2D eigenvalue weighted by atomic mass is 16.1. The van der Waals surface area contributed by atoms with Gasteiger partial charge < -0.3 is 9.88 Å². The zero-order valence-corrected chi connectivity index (χ0v) is 13.2. The predicted octanol–water partition coefficient (Wildman–Crippen LogP) is 3.01. The van der Waals surface area contributed by atoms with Gasteiger partial charge in [0.1, 0.15) is 0 Å². The van der Waals surface area contributed by atoms with Crippen molar-refractivity contribution in [2.24, 2.45) is 5.92 Å². The molecule has 1 heterocycles. The number of aromatic nitrogens is 1. The average Bonchev–Trinajstić information content (AvgIpc) is 2.27. The summed E-state index contributed by atoms with van der Waals surface area (Å²) in [5, 5.41) is 3.34. The van der Waals surface area contributed by atoms with Gasteiger partial charge in [0.25, 0.3) is 5.56 Å². The highest BCUT2D eigenvalue weighted by Gasteiger charge is 2.11. The Hall–Kier alpha value is -1.09. The summed E-state index contributed by atoms with van der Waals surface area (Å²) in [5.74, 6) is 0.616. The summed E-state index contributed by atoms with van der Waals surface area (Å²) >= 11 is 0. The van der Waals surface area contributed by atoms with Gasteiger partial charge in [0.15, 0.2) is 0 Å². The molecule has 0 radical (unpaired) electrons. The fraction of sp³-hybridized carbons (Fsp3) is 0.688. The minimum absolute atomic E-state index is 0.173. The number of nitrogens with zero attached hydrogens (tertiary/aromatic N) is 1. The van der Waals surface area contributed by atoms with Crippen molar-refractivity contribution in [2.45, 2.75) is 67.1 Å². The van der Waals surface area contributed by atoms with E-state index in [9.17, 15) is 4.79 Å². The molecule has 0 saturated carbocycles. The normalized spacial score (nSPS) is 11.6. The van der Waals surface area contributed by atoms with Crippen molar-refractivity contribution in [3.05, 3.63) is 33.2 Å². The molecule has 1 rings (SSSR count). The highest BCUT2D eigenvalue weighted by molar-refractivity contribution is 5.26. The second-order valence-corrected chi connectivity index (χ2v) is 6.12. The smallest absolute Gasteiger partial charge is 0.255 e. The Morgan fingerprint density at radius 1 is 1.21 bits per heavy atom. The van der Waals surface area contributed by atoms with Crippen LogP contribution in [0.2, 0.25) is 0 Å². The standard InChI is InChI=1S/C16H28N2O/c1-11(2)7-8-18-14(6)9-13(5)15(16(18)19)10-17-12(3)4/h9,11-12,17H,7-8,10H2,1-6H3. The van der Waals surface area contributed by atoms with Crippen molar-refractivity contribution >= 4 is 0 Å². The van der Waals surface area contributed by atoms with Crippen LogP contribution in [0.15, 0.2) is 10.9 Å². The lowest BCUT2D eigenvalue weighted by Crippen LogP contribution is -2.32. The van der Waals surface area contributed by atoms with E-state index in [2.05, 4.69) is 39.1 Å². The highest BCUT2D eigenvalue weighted by Crippen LogP contribution is 2.09. The lowest BCUT2D eigenvalue weighted by atomic mass is 10.1. The number of pyridine rings is 1. The van der Waals surface area contributed by atoms with Crippen molar-refractivity contribution in [1.82, 2.24) is 9.88 Å². The Morgan fingerprint density at radius 2 is 1.84 bits per heavy atom. The molecule has 19 heavy (non-hydrogen) atoms. The molecule has 3 heteroatoms. The molecular formula is C16H28N2O. The van der Waals surface area contributed by atoms with E-state index >= 15 is 0 Å². The molecule has 3 nitrogen and oxygen atoms in total. The SMILES string of the molecule is Cc1cc(C)n(CCC(C)C)c(=O)c1CNC(C)C. The van der Waals surface area contributed by atoms with Crippen LogP contribution in [0.3, 0.4) is 0 Å². The monoisotopic (exact) mass is 264 g/mol. The fourth-order valence-corrected chi connectivity index (χ4v) is 2.16. The van der Waals surface area contributed by atoms with Crippen LogP contribution in [-0.4, -0.2) is 10.6 Å². The summed E-state index contributed by atoms with van der Waals surface area (Å²) in [6, 6.07) is 2.52. The molecule has 0 saturated heterocycles. The lowest BCUT2D eigenvalue weighted by Gasteiger charge is -2.16. The zero-order chi connectivity index (χ0) is 14.6. The minimum atomic E-state index is 0.173. The van der Waals surface area contributed by atoms with Gasteiger partial charge in [-0.2, -0.15) is 0 Å². The topological polar surface area (TPSA) is 34.0 Å². The molecule has 0 aliphatic carbocycles. The first-order valence-electron chi connectivity index (χ1n) is 7.26. The summed E-state index contributed by atoms with van der Waals surface area (Å²) in [7, 11) is 0. The van der Waals surface area contributed by atoms with Crippen LogP contribution in [0.4, 0.5) is 0 Å². The van der Waals surface area contributed by atoms with E-state index in [0.29, 0.717) is 18.5 Å². The Bertz CT molecular complexity index is 433. The molecule has 108 valence electrons. The van der Waals surface area contributed by atoms with Crippen LogP contribution in [0.1, 0.15) is 50.9 Å². The van der Waals surface area contributed by atoms with Crippen LogP contribution in [0.5, 0.6) is 0 Å². The number of nitrogens with one attached hydrogen (secondary N) is 1. The Labute approximate surface area is 117 Å². The molecule has 0 amide bonds. The van der Waals surface area contributed by atoms with E-state index in [-0.39, 0.29) is 5.56 Å². The second-order valence-electron chi connectivity index (χ2n) is 6.12. The quantitative estimate of drug-likeness (QED) is 0.857. The first kappa shape index (κ1) is 16.0. The molecular weight excluding hydrogens is 236 g/mol. The Morgan fingerprint density at radius 3 is 2.37 bits per heavy atom. The maximum Gasteiger partial charge on any atom is 0.255 e. The summed E-state index contributed by atoms with van der Waals surface area (Å²) in [6.07, 6.45) is 1.04. The summed E-state index contributed by atoms with van der Waals surface area (Å²) in [5.41, 5.74) is 3.24. The van der Waals surface area contributed by atoms with Gasteiger partial charge in [-0.25, -0.2) is 0 Å². The van der Waals surface area contributed by atoms with Gasteiger partial charge in [0.2, 0.25) is 0 Å². The third-order valence-electron chi connectivity index (χ3n) is 3.45. The number of aryl methyl sites for hydroxylation is 2. The second kappa shape index (κ2) is 6.90. The summed E-state index contributed by atoms with van der Waals surface area (Å²) in [4.78, 5) is 12.6. The van der Waals surface area contributed by atoms with E-state index in [4.69, 9.17) is 0 Å². The Kier molecular flexibility index (Phi) is 5.80. The molecule has 0 fully saturated rings. The first-order chi connectivity index (χ1) is 8.82. The number of hydrogen-bond donors (Lipinski definition) is 1. The van der Waals surface area contributed by atoms with Crippen LogP contribution >= 0.6 is 0 Å². The maximum atomic E-state index is 12.6. The molecule has 1 aromatic rings. The van der Waals surface area contributed by atoms with Crippen molar-refractivity contribution in [3.8, 4) is 0 Å². The summed E-state index contributed by atoms with van der Waals surface area (Å²) < 4.78 is 1.92. The van der Waals surface area contributed by atoms with Crippen LogP contribution in [-0.2, 0) is 13.1 Å². The molecule has 0 spiro atoms. The van der Waals surface area contributed by atoms with E-state index < -0.39 is 0 Å². The largest absolute Gasteiger partial charge is 0.313 e. The molecule has 0 bridgehead atoms. The van der Waals surface area contributed by atoms with Gasteiger partial charge >= 0.3 is 0 Å². The maximum absolute atomic E-state index is 12.6. The lowest BCUT2D eigenvalue weighted by molar-refractivity contribution is 0.496. The zero-order valence-electron chi connectivity index (χ0n) is 13.2. The van der Waals surface area contributed by atoms with E-state index in [1.54, 1.807) is 0 Å². The van der Waals surface area contributed by atoms with Crippen molar-refractivity contribution in [3.63, 3.8) is 0 Å². The van der Waals surface area contributed by atoms with E-state index in [1.165, 1.54) is 0 Å². The molecule has 1 N–H and O–H groups in total.